The normalized spacial score (nSPS) is 11.4. The summed E-state index contributed by atoms with van der Waals surface area (Å²) < 4.78 is 1.32. The van der Waals surface area contributed by atoms with Crippen molar-refractivity contribution in [2.24, 2.45) is 0 Å². The van der Waals surface area contributed by atoms with Crippen molar-refractivity contribution in [3.63, 3.8) is 0 Å². The molecule has 78 valence electrons. The second-order valence-electron chi connectivity index (χ2n) is 4.19. The Morgan fingerprint density at radius 3 is 2.64 bits per heavy atom. The van der Waals surface area contributed by atoms with E-state index in [1.165, 1.54) is 10.8 Å². The Morgan fingerprint density at radius 2 is 2.21 bits per heavy atom. The van der Waals surface area contributed by atoms with Gasteiger partial charge < -0.3 is 10.3 Å². The van der Waals surface area contributed by atoms with E-state index in [1.807, 2.05) is 20.8 Å². The van der Waals surface area contributed by atoms with Crippen molar-refractivity contribution in [2.45, 2.75) is 32.9 Å². The highest BCUT2D eigenvalue weighted by atomic mass is 16.2. The molecule has 0 aliphatic carbocycles. The van der Waals surface area contributed by atoms with E-state index in [2.05, 4.69) is 10.3 Å². The van der Waals surface area contributed by atoms with Crippen LogP contribution in [0.25, 0.3) is 0 Å². The van der Waals surface area contributed by atoms with Gasteiger partial charge >= 0.3 is 5.69 Å². The molecular weight excluding hydrogens is 182 g/mol. The standard InChI is InChI=1S/C9H15N3O2/c1-9(2,3)11-7(13)6-12-5-4-10-8(12)14/h4-5H,6H2,1-3H3,(H,10,14)(H,11,13). The SMILES string of the molecule is CC(C)(C)NC(=O)Cn1cc[nH]c1=O. The fourth-order valence-corrected chi connectivity index (χ4v) is 1.09. The molecule has 0 aromatic carbocycles. The molecule has 5 heteroatoms. The first-order chi connectivity index (χ1) is 6.38. The molecule has 14 heavy (non-hydrogen) atoms. The maximum atomic E-state index is 11.4. The van der Waals surface area contributed by atoms with Gasteiger partial charge in [0.05, 0.1) is 0 Å². The fourth-order valence-electron chi connectivity index (χ4n) is 1.09. The van der Waals surface area contributed by atoms with Crippen LogP contribution in [0.2, 0.25) is 0 Å². The van der Waals surface area contributed by atoms with Crippen molar-refractivity contribution >= 4 is 5.91 Å². The second kappa shape index (κ2) is 3.69. The van der Waals surface area contributed by atoms with Crippen LogP contribution in [0.15, 0.2) is 17.2 Å². The first-order valence-corrected chi connectivity index (χ1v) is 4.43. The highest BCUT2D eigenvalue weighted by molar-refractivity contribution is 5.76. The van der Waals surface area contributed by atoms with E-state index in [0.717, 1.165) is 0 Å². The van der Waals surface area contributed by atoms with Gasteiger partial charge in [0.2, 0.25) is 5.91 Å². The number of aromatic nitrogens is 2. The van der Waals surface area contributed by atoms with Gasteiger partial charge in [0.15, 0.2) is 0 Å². The first-order valence-electron chi connectivity index (χ1n) is 4.43. The number of carbonyl (C=O) groups is 1. The van der Waals surface area contributed by atoms with Crippen LogP contribution in [0.5, 0.6) is 0 Å². The molecule has 0 unspecified atom stereocenters. The van der Waals surface area contributed by atoms with Gasteiger partial charge in [0, 0.05) is 17.9 Å². The Morgan fingerprint density at radius 1 is 1.57 bits per heavy atom. The van der Waals surface area contributed by atoms with Crippen LogP contribution in [0.3, 0.4) is 0 Å². The quantitative estimate of drug-likeness (QED) is 0.705. The predicted octanol–water partition coefficient (Wildman–Crippen LogP) is 0.0911. The van der Waals surface area contributed by atoms with Crippen molar-refractivity contribution in [2.75, 3.05) is 0 Å². The zero-order valence-electron chi connectivity index (χ0n) is 8.63. The molecule has 0 saturated heterocycles. The van der Waals surface area contributed by atoms with Gasteiger partial charge in [-0.25, -0.2) is 4.79 Å². The van der Waals surface area contributed by atoms with Crippen molar-refractivity contribution in [1.29, 1.82) is 0 Å². The van der Waals surface area contributed by atoms with Crippen LogP contribution in [-0.4, -0.2) is 21.0 Å². The lowest BCUT2D eigenvalue weighted by Gasteiger charge is -2.20. The van der Waals surface area contributed by atoms with Crippen LogP contribution in [-0.2, 0) is 11.3 Å². The highest BCUT2D eigenvalue weighted by Crippen LogP contribution is 1.98. The van der Waals surface area contributed by atoms with Crippen molar-refractivity contribution in [1.82, 2.24) is 14.9 Å². The van der Waals surface area contributed by atoms with Crippen LogP contribution >= 0.6 is 0 Å². The number of rotatable bonds is 2. The topological polar surface area (TPSA) is 66.9 Å². The average molecular weight is 197 g/mol. The molecule has 0 spiro atoms. The lowest BCUT2D eigenvalue weighted by atomic mass is 10.1. The largest absolute Gasteiger partial charge is 0.350 e. The summed E-state index contributed by atoms with van der Waals surface area (Å²) in [5.41, 5.74) is -0.536. The van der Waals surface area contributed by atoms with Crippen molar-refractivity contribution in [3.05, 3.63) is 22.9 Å². The maximum absolute atomic E-state index is 11.4. The molecule has 0 bridgehead atoms. The van der Waals surface area contributed by atoms with E-state index < -0.39 is 0 Å². The van der Waals surface area contributed by atoms with Gasteiger partial charge in [-0.3, -0.25) is 9.36 Å². The minimum absolute atomic E-state index is 0.0552. The summed E-state index contributed by atoms with van der Waals surface area (Å²) in [7, 11) is 0. The molecule has 0 aliphatic rings. The Bertz CT molecular complexity index is 370. The lowest BCUT2D eigenvalue weighted by molar-refractivity contribution is -0.123. The third-order valence-electron chi connectivity index (χ3n) is 1.55. The van der Waals surface area contributed by atoms with Crippen molar-refractivity contribution < 1.29 is 4.79 Å². The van der Waals surface area contributed by atoms with Crippen LogP contribution < -0.4 is 11.0 Å². The molecule has 0 fully saturated rings. The smallest absolute Gasteiger partial charge is 0.325 e. The van der Waals surface area contributed by atoms with Gasteiger partial charge in [-0.05, 0) is 20.8 Å². The van der Waals surface area contributed by atoms with Crippen molar-refractivity contribution in [3.8, 4) is 0 Å². The molecule has 2 N–H and O–H groups in total. The lowest BCUT2D eigenvalue weighted by Crippen LogP contribution is -2.43. The third kappa shape index (κ3) is 3.08. The molecule has 1 rings (SSSR count). The highest BCUT2D eigenvalue weighted by Gasteiger charge is 2.14. The summed E-state index contributed by atoms with van der Waals surface area (Å²) in [5.74, 6) is -0.167. The van der Waals surface area contributed by atoms with E-state index >= 15 is 0 Å². The molecule has 1 aromatic heterocycles. The first kappa shape index (κ1) is 10.6. The van der Waals surface area contributed by atoms with Gasteiger partial charge in [0.1, 0.15) is 6.54 Å². The van der Waals surface area contributed by atoms with Gasteiger partial charge in [-0.15, -0.1) is 0 Å². The molecule has 1 amide bonds. The molecule has 1 heterocycles. The third-order valence-corrected chi connectivity index (χ3v) is 1.55. The Balaban J connectivity index is 2.59. The molecule has 1 aromatic rings. The number of amides is 1. The van der Waals surface area contributed by atoms with E-state index in [1.54, 1.807) is 6.20 Å². The van der Waals surface area contributed by atoms with Crippen LogP contribution in [0, 0.1) is 0 Å². The molecule has 5 nitrogen and oxygen atoms in total. The van der Waals surface area contributed by atoms with Crippen LogP contribution in [0.4, 0.5) is 0 Å². The maximum Gasteiger partial charge on any atom is 0.325 e. The molecule has 0 saturated carbocycles. The summed E-state index contributed by atoms with van der Waals surface area (Å²) in [6.07, 6.45) is 3.05. The molecule has 0 atom stereocenters. The summed E-state index contributed by atoms with van der Waals surface area (Å²) >= 11 is 0. The summed E-state index contributed by atoms with van der Waals surface area (Å²) in [4.78, 5) is 24.9. The number of H-pyrrole nitrogens is 1. The number of hydrogen-bond acceptors (Lipinski definition) is 2. The molecular formula is C9H15N3O2. The second-order valence-corrected chi connectivity index (χ2v) is 4.19. The van der Waals surface area contributed by atoms with Gasteiger partial charge in [0.25, 0.3) is 0 Å². The predicted molar refractivity (Wildman–Crippen MR) is 52.9 cm³/mol. The number of imidazole rings is 1. The number of nitrogens with one attached hydrogen (secondary N) is 2. The molecule has 0 aliphatic heterocycles. The Kier molecular flexibility index (Phi) is 2.78. The number of hydrogen-bond donors (Lipinski definition) is 2. The summed E-state index contributed by atoms with van der Waals surface area (Å²) in [5, 5.41) is 2.77. The minimum Gasteiger partial charge on any atom is -0.350 e. The van der Waals surface area contributed by atoms with E-state index in [0.29, 0.717) is 0 Å². The Labute approximate surface area is 82.1 Å². The van der Waals surface area contributed by atoms with Crippen LogP contribution in [0.1, 0.15) is 20.8 Å². The fraction of sp³-hybridized carbons (Fsp3) is 0.556. The number of nitrogens with zero attached hydrogens (tertiary/aromatic N) is 1. The number of carbonyl (C=O) groups excluding carboxylic acids is 1. The van der Waals surface area contributed by atoms with E-state index in [-0.39, 0.29) is 23.7 Å². The summed E-state index contributed by atoms with van der Waals surface area (Å²) in [6.45, 7) is 5.74. The zero-order valence-corrected chi connectivity index (χ0v) is 8.63. The molecule has 0 radical (unpaired) electrons. The average Bonchev–Trinajstić information content (AvgIpc) is 2.32. The zero-order chi connectivity index (χ0) is 10.8. The van der Waals surface area contributed by atoms with E-state index in [9.17, 15) is 9.59 Å². The monoisotopic (exact) mass is 197 g/mol. The summed E-state index contributed by atoms with van der Waals surface area (Å²) in [6, 6.07) is 0. The minimum atomic E-state index is -0.269. The Hall–Kier alpha value is -1.52. The van der Waals surface area contributed by atoms with E-state index in [4.69, 9.17) is 0 Å². The number of aromatic amines is 1. The van der Waals surface area contributed by atoms with Gasteiger partial charge in [-0.2, -0.15) is 0 Å². The van der Waals surface area contributed by atoms with Gasteiger partial charge in [-0.1, -0.05) is 0 Å².